The Morgan fingerprint density at radius 3 is 2.15 bits per heavy atom. The summed E-state index contributed by atoms with van der Waals surface area (Å²) in [7, 11) is 0. The van der Waals surface area contributed by atoms with Crippen LogP contribution in [-0.2, 0) is 24.2 Å². The maximum absolute atomic E-state index is 11.7. The van der Waals surface area contributed by atoms with Gasteiger partial charge in [0.05, 0.1) is 11.6 Å². The lowest BCUT2D eigenvalue weighted by Gasteiger charge is -2.25. The van der Waals surface area contributed by atoms with Gasteiger partial charge in [-0.3, -0.25) is 9.59 Å². The summed E-state index contributed by atoms with van der Waals surface area (Å²) in [6.45, 7) is 18.2. The topological polar surface area (TPSA) is 97.8 Å². The summed E-state index contributed by atoms with van der Waals surface area (Å²) >= 11 is 0. The number of hydrogen-bond donors (Lipinski definition) is 3. The van der Waals surface area contributed by atoms with Gasteiger partial charge in [-0.25, -0.2) is 0 Å². The number of aromatic amines is 1. The molecule has 3 heterocycles. The van der Waals surface area contributed by atoms with Gasteiger partial charge >= 0.3 is 0 Å². The van der Waals surface area contributed by atoms with Crippen LogP contribution in [0.5, 0.6) is 0 Å². The van der Waals surface area contributed by atoms with Crippen molar-refractivity contribution in [3.63, 3.8) is 0 Å². The maximum Gasteiger partial charge on any atom is 0.251 e. The Morgan fingerprint density at radius 2 is 1.46 bits per heavy atom. The summed E-state index contributed by atoms with van der Waals surface area (Å²) in [4.78, 5) is 26.2. The molecule has 1 amide bonds. The first-order chi connectivity index (χ1) is 22.0. The molecule has 0 saturated heterocycles. The van der Waals surface area contributed by atoms with Crippen molar-refractivity contribution in [3.05, 3.63) is 103 Å². The van der Waals surface area contributed by atoms with E-state index >= 15 is 0 Å². The number of nitrogens with zero attached hydrogens (tertiary/aromatic N) is 1. The van der Waals surface area contributed by atoms with Crippen molar-refractivity contribution in [2.24, 2.45) is 0 Å². The molecule has 46 heavy (non-hydrogen) atoms. The highest BCUT2D eigenvalue weighted by Gasteiger charge is 2.23. The molecule has 0 bridgehead atoms. The van der Waals surface area contributed by atoms with Crippen LogP contribution in [0.1, 0.15) is 109 Å². The van der Waals surface area contributed by atoms with Gasteiger partial charge in [0.25, 0.3) is 5.91 Å². The third-order valence-corrected chi connectivity index (χ3v) is 10.8. The summed E-state index contributed by atoms with van der Waals surface area (Å²) in [5.74, 6) is 0.918. The van der Waals surface area contributed by atoms with E-state index < -0.39 is 0 Å². The monoisotopic (exact) mass is 616 g/mol. The number of amides is 1. The van der Waals surface area contributed by atoms with Gasteiger partial charge in [-0.1, -0.05) is 6.07 Å². The molecule has 0 spiro atoms. The number of H-pyrrole nitrogens is 1. The van der Waals surface area contributed by atoms with E-state index in [2.05, 4.69) is 69.3 Å². The first-order valence-electron chi connectivity index (χ1n) is 16.7. The van der Waals surface area contributed by atoms with Gasteiger partial charge in [0, 0.05) is 48.6 Å². The maximum atomic E-state index is 11.7. The minimum absolute atomic E-state index is 0.0897. The first-order valence-corrected chi connectivity index (χ1v) is 16.7. The molecule has 0 atom stereocenters. The van der Waals surface area contributed by atoms with Crippen molar-refractivity contribution in [3.8, 4) is 6.07 Å². The molecule has 1 fully saturated rings. The number of aryl methyl sites for hydroxylation is 1. The molecule has 4 aromatic rings. The molecule has 3 aliphatic rings. The molecule has 3 aromatic carbocycles. The molecule has 6 heteroatoms. The van der Waals surface area contributed by atoms with Crippen LogP contribution >= 0.6 is 0 Å². The van der Waals surface area contributed by atoms with Gasteiger partial charge in [0.1, 0.15) is 5.78 Å². The van der Waals surface area contributed by atoms with E-state index in [9.17, 15) is 9.59 Å². The van der Waals surface area contributed by atoms with E-state index in [4.69, 9.17) is 5.26 Å². The fraction of sp³-hybridized carbons (Fsp3) is 0.425. The fourth-order valence-electron chi connectivity index (χ4n) is 7.35. The van der Waals surface area contributed by atoms with Gasteiger partial charge in [-0.15, -0.1) is 0 Å². The van der Waals surface area contributed by atoms with Gasteiger partial charge in [0.2, 0.25) is 0 Å². The van der Waals surface area contributed by atoms with Gasteiger partial charge in [0.15, 0.2) is 0 Å². The van der Waals surface area contributed by atoms with Crippen molar-refractivity contribution in [1.82, 2.24) is 15.6 Å². The third-order valence-electron chi connectivity index (χ3n) is 10.8. The Balaban J connectivity index is 0.000000138. The van der Waals surface area contributed by atoms with Crippen LogP contribution in [0.4, 0.5) is 0 Å². The SMILES string of the molecule is Cc1c(C)c(C)c2c(c1C)CCNC2.Cc1cc2c(c(C)c1C)C(=O)NCC2.N#Cc1ccc2[nH]cc(C3CCC(=O)CC3)c2c1. The Morgan fingerprint density at radius 1 is 0.761 bits per heavy atom. The Labute approximate surface area is 274 Å². The Kier molecular flexibility index (Phi) is 10.1. The Bertz CT molecular complexity index is 1810. The second-order valence-corrected chi connectivity index (χ2v) is 13.3. The van der Waals surface area contributed by atoms with Crippen LogP contribution in [-0.4, -0.2) is 29.8 Å². The number of nitrogens with one attached hydrogen (secondary N) is 3. The van der Waals surface area contributed by atoms with Crippen molar-refractivity contribution >= 4 is 22.6 Å². The smallest absolute Gasteiger partial charge is 0.251 e. The lowest BCUT2D eigenvalue weighted by Crippen LogP contribution is -2.32. The lowest BCUT2D eigenvalue weighted by molar-refractivity contribution is -0.120. The van der Waals surface area contributed by atoms with E-state index in [0.29, 0.717) is 30.1 Å². The van der Waals surface area contributed by atoms with Crippen molar-refractivity contribution in [2.45, 2.75) is 99.5 Å². The van der Waals surface area contributed by atoms with Crippen molar-refractivity contribution in [2.75, 3.05) is 13.1 Å². The number of ketones is 1. The average Bonchev–Trinajstić information content (AvgIpc) is 3.49. The third kappa shape index (κ3) is 6.66. The molecule has 7 rings (SSSR count). The van der Waals surface area contributed by atoms with Crippen LogP contribution in [0, 0.1) is 59.8 Å². The highest BCUT2D eigenvalue weighted by molar-refractivity contribution is 5.98. The molecule has 1 aromatic heterocycles. The molecular weight excluding hydrogens is 568 g/mol. The summed E-state index contributed by atoms with van der Waals surface area (Å²) in [6, 6.07) is 10.0. The first kappa shape index (κ1) is 33.2. The molecule has 6 nitrogen and oxygen atoms in total. The lowest BCUT2D eigenvalue weighted by atomic mass is 9.83. The fourth-order valence-corrected chi connectivity index (χ4v) is 7.35. The molecule has 1 saturated carbocycles. The van der Waals surface area contributed by atoms with Crippen molar-refractivity contribution < 1.29 is 9.59 Å². The highest BCUT2D eigenvalue weighted by Crippen LogP contribution is 2.35. The van der Waals surface area contributed by atoms with E-state index in [1.807, 2.05) is 31.3 Å². The van der Waals surface area contributed by atoms with E-state index in [0.717, 1.165) is 60.9 Å². The number of carbonyl (C=O) groups is 2. The van der Waals surface area contributed by atoms with Crippen LogP contribution in [0.15, 0.2) is 30.5 Å². The summed E-state index contributed by atoms with van der Waals surface area (Å²) in [5.41, 5.74) is 17.9. The molecule has 0 radical (unpaired) electrons. The predicted molar refractivity (Wildman–Crippen MR) is 187 cm³/mol. The van der Waals surface area contributed by atoms with Crippen LogP contribution in [0.25, 0.3) is 10.9 Å². The predicted octanol–water partition coefficient (Wildman–Crippen LogP) is 7.73. The number of rotatable bonds is 1. The van der Waals surface area contributed by atoms with Gasteiger partial charge in [-0.2, -0.15) is 5.26 Å². The zero-order valence-corrected chi connectivity index (χ0v) is 28.6. The zero-order chi connectivity index (χ0) is 33.1. The summed E-state index contributed by atoms with van der Waals surface area (Å²) in [5, 5.41) is 16.4. The number of fused-ring (bicyclic) bond motifs is 3. The molecule has 0 unspecified atom stereocenters. The molecule has 1 aliphatic carbocycles. The van der Waals surface area contributed by atoms with Crippen LogP contribution < -0.4 is 10.6 Å². The van der Waals surface area contributed by atoms with E-state index in [1.54, 1.807) is 11.1 Å². The second kappa shape index (κ2) is 14.1. The number of aromatic nitrogens is 1. The molecule has 2 aliphatic heterocycles. The number of Topliss-reactive ketones (excluding diaryl/α,β-unsaturated/α-hetero) is 1. The normalized spacial score (nSPS) is 15.9. The molecular formula is C40H48N4O2. The van der Waals surface area contributed by atoms with Gasteiger partial charge in [-0.05, 0) is 166 Å². The quantitative estimate of drug-likeness (QED) is 0.204. The van der Waals surface area contributed by atoms with Crippen molar-refractivity contribution in [1.29, 1.82) is 5.26 Å². The van der Waals surface area contributed by atoms with E-state index in [1.165, 1.54) is 50.9 Å². The number of nitriles is 1. The number of carbonyl (C=O) groups excluding carboxylic acids is 2. The van der Waals surface area contributed by atoms with E-state index in [-0.39, 0.29) is 5.91 Å². The highest BCUT2D eigenvalue weighted by atomic mass is 16.1. The zero-order valence-electron chi connectivity index (χ0n) is 28.6. The summed E-state index contributed by atoms with van der Waals surface area (Å²) < 4.78 is 0. The minimum atomic E-state index is 0.0897. The van der Waals surface area contributed by atoms with Crippen LogP contribution in [0.2, 0.25) is 0 Å². The average molecular weight is 617 g/mol. The molecule has 240 valence electrons. The van der Waals surface area contributed by atoms with Gasteiger partial charge < -0.3 is 15.6 Å². The molecule has 3 N–H and O–H groups in total. The van der Waals surface area contributed by atoms with Crippen LogP contribution in [0.3, 0.4) is 0 Å². The Hall–Kier alpha value is -4.21. The largest absolute Gasteiger partial charge is 0.361 e. The standard InChI is InChI=1S/C15H14N2O.C13H19N.C12H15NO/c16-8-10-1-6-15-13(7-10)14(9-17-15)11-2-4-12(18)5-3-11;1-8-9(2)11(4)13-7-14-6-5-12(13)10(8)3;1-7-6-10-4-5-13-12(14)11(10)9(3)8(7)2/h1,6-7,9,11,17H,2-5H2;14H,5-7H2,1-4H3;6H,4-5H2,1-3H3,(H,13,14). The number of hydrogen-bond acceptors (Lipinski definition) is 4. The minimum Gasteiger partial charge on any atom is -0.361 e. The second-order valence-electron chi connectivity index (χ2n) is 13.3. The summed E-state index contributed by atoms with van der Waals surface area (Å²) in [6.07, 6.45) is 7.44. The number of benzene rings is 3.